The Bertz CT molecular complexity index is 960. The number of benzene rings is 2. The molecule has 2 aromatic rings. The quantitative estimate of drug-likeness (QED) is 0.705. The van der Waals surface area contributed by atoms with Gasteiger partial charge in [-0.05, 0) is 35.2 Å². The summed E-state index contributed by atoms with van der Waals surface area (Å²) in [5, 5.41) is 12.3. The molecule has 8 nitrogen and oxygen atoms in total. The Labute approximate surface area is 180 Å². The van der Waals surface area contributed by atoms with Gasteiger partial charge in [-0.25, -0.2) is 9.59 Å². The first kappa shape index (κ1) is 22.1. The highest BCUT2D eigenvalue weighted by atomic mass is 16.5. The Kier molecular flexibility index (Phi) is 6.79. The minimum atomic E-state index is -1.11. The van der Waals surface area contributed by atoms with Crippen LogP contribution in [0.15, 0.2) is 48.5 Å². The number of carbonyl (C=O) groups excluding carboxylic acids is 2. The monoisotopic (exact) mass is 426 g/mol. The number of hydrogen-bond donors (Lipinski definition) is 2. The largest absolute Gasteiger partial charge is 0.497 e. The number of nitrogens with zero attached hydrogens (tertiary/aromatic N) is 1. The van der Waals surface area contributed by atoms with Crippen LogP contribution in [0.4, 0.5) is 10.5 Å². The molecule has 1 unspecified atom stereocenters. The molecule has 0 fully saturated rings. The second kappa shape index (κ2) is 9.51. The third-order valence-corrected chi connectivity index (χ3v) is 5.21. The van der Waals surface area contributed by atoms with Crippen molar-refractivity contribution < 1.29 is 29.0 Å². The molecule has 3 rings (SSSR count). The van der Waals surface area contributed by atoms with E-state index in [1.54, 1.807) is 32.0 Å². The lowest BCUT2D eigenvalue weighted by Gasteiger charge is -2.29. The smallest absolute Gasteiger partial charge is 0.408 e. The normalized spacial score (nSPS) is 15.9. The van der Waals surface area contributed by atoms with Gasteiger partial charge in [0.25, 0.3) is 5.91 Å². The number of carboxylic acid groups (broad SMARTS) is 1. The molecule has 0 saturated carbocycles. The second-order valence-corrected chi connectivity index (χ2v) is 7.69. The minimum absolute atomic E-state index is 0.0653. The zero-order valence-electron chi connectivity index (χ0n) is 17.7. The van der Waals surface area contributed by atoms with Crippen molar-refractivity contribution in [1.82, 2.24) is 5.32 Å². The number of rotatable bonds is 7. The lowest BCUT2D eigenvalue weighted by Crippen LogP contribution is -2.55. The summed E-state index contributed by atoms with van der Waals surface area (Å²) in [7, 11) is 1.52. The number of hydrogen-bond acceptors (Lipinski definition) is 5. The van der Waals surface area contributed by atoms with E-state index in [9.17, 15) is 19.5 Å². The molecule has 1 aliphatic rings. The maximum absolute atomic E-state index is 13.4. The Hall–Kier alpha value is -3.55. The van der Waals surface area contributed by atoms with Crippen LogP contribution in [0.25, 0.3) is 0 Å². The molecule has 0 spiro atoms. The summed E-state index contributed by atoms with van der Waals surface area (Å²) in [4.78, 5) is 38.9. The molecule has 0 saturated heterocycles. The van der Waals surface area contributed by atoms with E-state index in [-0.39, 0.29) is 18.9 Å². The number of carboxylic acids is 1. The van der Waals surface area contributed by atoms with Crippen molar-refractivity contribution >= 4 is 23.7 Å². The number of nitrogens with one attached hydrogen (secondary N) is 1. The molecule has 1 heterocycles. The second-order valence-electron chi connectivity index (χ2n) is 7.69. The molecule has 0 radical (unpaired) electrons. The van der Waals surface area contributed by atoms with Crippen molar-refractivity contribution in [3.63, 3.8) is 0 Å². The third-order valence-electron chi connectivity index (χ3n) is 5.21. The van der Waals surface area contributed by atoms with Crippen LogP contribution in [-0.2, 0) is 27.4 Å². The van der Waals surface area contributed by atoms with E-state index in [1.165, 1.54) is 12.0 Å². The summed E-state index contributed by atoms with van der Waals surface area (Å²) in [6.45, 7) is 3.62. The van der Waals surface area contributed by atoms with E-state index < -0.39 is 30.1 Å². The number of amides is 2. The lowest BCUT2D eigenvalue weighted by atomic mass is 10.0. The van der Waals surface area contributed by atoms with Gasteiger partial charge in [0.2, 0.25) is 0 Å². The lowest BCUT2D eigenvalue weighted by molar-refractivity contribution is -0.140. The molecule has 8 heteroatoms. The van der Waals surface area contributed by atoms with Crippen molar-refractivity contribution in [1.29, 1.82) is 0 Å². The summed E-state index contributed by atoms with van der Waals surface area (Å²) in [6.07, 6.45) is -0.575. The van der Waals surface area contributed by atoms with E-state index in [1.807, 2.05) is 30.3 Å². The first-order chi connectivity index (χ1) is 14.8. The molecular weight excluding hydrogens is 400 g/mol. The molecule has 0 bridgehead atoms. The predicted octanol–water partition coefficient (Wildman–Crippen LogP) is 2.99. The number of methoxy groups -OCH3 is 1. The number of anilines is 1. The minimum Gasteiger partial charge on any atom is -0.497 e. The Morgan fingerprint density at radius 2 is 1.87 bits per heavy atom. The standard InChI is InChI=1S/C23H26N2O6/c1-14(2)20(24-23(29)31-13-15-7-5-4-6-8-15)21(26)25-18-10-9-17(30-3)11-16(18)12-19(25)22(27)28/h4-11,14,19-20H,12-13H2,1-3H3,(H,24,29)(H,27,28)/t19?,20-/m0/s1. The fraction of sp³-hybridized carbons (Fsp3) is 0.348. The molecule has 0 aliphatic carbocycles. The van der Waals surface area contributed by atoms with Crippen molar-refractivity contribution in [2.45, 2.75) is 39.0 Å². The average Bonchev–Trinajstić information content (AvgIpc) is 3.15. The summed E-state index contributed by atoms with van der Waals surface area (Å²) in [5.74, 6) is -1.31. The Morgan fingerprint density at radius 1 is 1.16 bits per heavy atom. The number of aliphatic carboxylic acids is 1. The Morgan fingerprint density at radius 3 is 2.48 bits per heavy atom. The van der Waals surface area contributed by atoms with E-state index in [4.69, 9.17) is 9.47 Å². The van der Waals surface area contributed by atoms with Gasteiger partial charge >= 0.3 is 12.1 Å². The van der Waals surface area contributed by atoms with Crippen LogP contribution < -0.4 is 15.0 Å². The van der Waals surface area contributed by atoms with Crippen LogP contribution in [0.2, 0.25) is 0 Å². The van der Waals surface area contributed by atoms with Gasteiger partial charge in [-0.15, -0.1) is 0 Å². The molecule has 0 aromatic heterocycles. The van der Waals surface area contributed by atoms with Gasteiger partial charge in [-0.1, -0.05) is 44.2 Å². The summed E-state index contributed by atoms with van der Waals surface area (Å²) in [5.41, 5.74) is 2.02. The maximum Gasteiger partial charge on any atom is 0.408 e. The molecule has 164 valence electrons. The highest BCUT2D eigenvalue weighted by molar-refractivity contribution is 6.05. The van der Waals surface area contributed by atoms with E-state index >= 15 is 0 Å². The van der Waals surface area contributed by atoms with Crippen LogP contribution in [-0.4, -0.2) is 42.3 Å². The van der Waals surface area contributed by atoms with Crippen LogP contribution in [0.3, 0.4) is 0 Å². The summed E-state index contributed by atoms with van der Waals surface area (Å²) < 4.78 is 10.5. The molecule has 1 aliphatic heterocycles. The number of fused-ring (bicyclic) bond motifs is 1. The van der Waals surface area contributed by atoms with E-state index in [2.05, 4.69) is 5.32 Å². The highest BCUT2D eigenvalue weighted by Crippen LogP contribution is 2.36. The topological polar surface area (TPSA) is 105 Å². The van der Waals surface area contributed by atoms with Crippen LogP contribution in [0, 0.1) is 5.92 Å². The first-order valence-corrected chi connectivity index (χ1v) is 10.0. The fourth-order valence-electron chi connectivity index (χ4n) is 3.58. The fourth-order valence-corrected chi connectivity index (χ4v) is 3.58. The number of carbonyl (C=O) groups is 3. The molecule has 2 amide bonds. The summed E-state index contributed by atoms with van der Waals surface area (Å²) in [6, 6.07) is 12.2. The zero-order chi connectivity index (χ0) is 22.5. The molecule has 2 atom stereocenters. The molecular formula is C23H26N2O6. The van der Waals surface area contributed by atoms with Gasteiger partial charge in [-0.2, -0.15) is 0 Å². The van der Waals surface area contributed by atoms with Crippen LogP contribution in [0.1, 0.15) is 25.0 Å². The van der Waals surface area contributed by atoms with Crippen molar-refractivity contribution in [3.05, 3.63) is 59.7 Å². The first-order valence-electron chi connectivity index (χ1n) is 10.0. The van der Waals surface area contributed by atoms with Crippen molar-refractivity contribution in [2.24, 2.45) is 5.92 Å². The van der Waals surface area contributed by atoms with Gasteiger partial charge in [0.1, 0.15) is 24.4 Å². The summed E-state index contributed by atoms with van der Waals surface area (Å²) >= 11 is 0. The third kappa shape index (κ3) is 4.96. The van der Waals surface area contributed by atoms with Crippen LogP contribution >= 0.6 is 0 Å². The zero-order valence-corrected chi connectivity index (χ0v) is 17.7. The highest BCUT2D eigenvalue weighted by Gasteiger charge is 2.42. The average molecular weight is 426 g/mol. The van der Waals surface area contributed by atoms with Gasteiger partial charge in [0.05, 0.1) is 7.11 Å². The Balaban J connectivity index is 1.78. The predicted molar refractivity (Wildman–Crippen MR) is 114 cm³/mol. The van der Waals surface area contributed by atoms with E-state index in [0.29, 0.717) is 17.0 Å². The van der Waals surface area contributed by atoms with Crippen LogP contribution in [0.5, 0.6) is 5.75 Å². The molecule has 2 N–H and O–H groups in total. The van der Waals surface area contributed by atoms with Gasteiger partial charge in [0.15, 0.2) is 0 Å². The maximum atomic E-state index is 13.4. The van der Waals surface area contributed by atoms with Gasteiger partial charge in [0, 0.05) is 12.1 Å². The number of alkyl carbamates (subject to hydrolysis) is 1. The van der Waals surface area contributed by atoms with E-state index in [0.717, 1.165) is 5.56 Å². The molecule has 2 aromatic carbocycles. The van der Waals surface area contributed by atoms with Gasteiger partial charge < -0.3 is 19.9 Å². The van der Waals surface area contributed by atoms with Crippen molar-refractivity contribution in [3.8, 4) is 5.75 Å². The SMILES string of the molecule is COc1ccc2c(c1)CC(C(=O)O)N2C(=O)[C@@H](NC(=O)OCc1ccccc1)C(C)C. The molecule has 31 heavy (non-hydrogen) atoms. The van der Waals surface area contributed by atoms with Crippen molar-refractivity contribution in [2.75, 3.05) is 12.0 Å². The van der Waals surface area contributed by atoms with Gasteiger partial charge in [-0.3, -0.25) is 9.69 Å². The number of ether oxygens (including phenoxy) is 2.